The molecule has 1 aromatic carbocycles. The third-order valence-electron chi connectivity index (χ3n) is 1.99. The Morgan fingerprint density at radius 3 is 2.69 bits per heavy atom. The number of halogens is 1. The summed E-state index contributed by atoms with van der Waals surface area (Å²) < 4.78 is 13.5. The molecule has 0 spiro atoms. The van der Waals surface area contributed by atoms with Crippen LogP contribution in [0.25, 0.3) is 6.08 Å². The third kappa shape index (κ3) is 2.41. The van der Waals surface area contributed by atoms with Crippen molar-refractivity contribution >= 4 is 17.7 Å². The maximum absolute atomic E-state index is 13.5. The molecule has 0 bridgehead atoms. The number of hydrogen-bond donors (Lipinski definition) is 1. The number of rotatable bonds is 3. The summed E-state index contributed by atoms with van der Waals surface area (Å²) in [4.78, 5) is 20.0. The molecular formula is C10H8FNO4. The fourth-order valence-electron chi connectivity index (χ4n) is 1.18. The van der Waals surface area contributed by atoms with Crippen molar-refractivity contribution in [2.24, 2.45) is 0 Å². The van der Waals surface area contributed by atoms with E-state index in [9.17, 15) is 19.3 Å². The van der Waals surface area contributed by atoms with E-state index >= 15 is 0 Å². The van der Waals surface area contributed by atoms with Gasteiger partial charge >= 0.3 is 5.97 Å². The lowest BCUT2D eigenvalue weighted by Crippen LogP contribution is -1.96. The van der Waals surface area contributed by atoms with Crippen LogP contribution in [-0.2, 0) is 4.79 Å². The summed E-state index contributed by atoms with van der Waals surface area (Å²) in [5.41, 5.74) is -0.437. The van der Waals surface area contributed by atoms with Gasteiger partial charge in [-0.3, -0.25) is 10.1 Å². The lowest BCUT2D eigenvalue weighted by atomic mass is 10.1. The first kappa shape index (κ1) is 11.8. The first-order valence-electron chi connectivity index (χ1n) is 4.28. The normalized spacial score (nSPS) is 10.6. The molecule has 0 aliphatic rings. The Labute approximate surface area is 90.0 Å². The summed E-state index contributed by atoms with van der Waals surface area (Å²) in [7, 11) is 0. The van der Waals surface area contributed by atoms with Crippen LogP contribution in [0, 0.1) is 22.9 Å². The highest BCUT2D eigenvalue weighted by Gasteiger charge is 2.16. The molecule has 0 unspecified atom stereocenters. The van der Waals surface area contributed by atoms with Crippen LogP contribution in [0.2, 0.25) is 0 Å². The van der Waals surface area contributed by atoms with Gasteiger partial charge in [0.05, 0.1) is 10.5 Å². The molecule has 6 heteroatoms. The number of carboxylic acids is 1. The standard InChI is InChI=1S/C10H8FNO4/c1-6-8(12(15)16)4-2-7(10(6)11)3-5-9(13)14/h2-5H,1H3,(H,13,14)/b5-3+. The molecule has 0 saturated carbocycles. The maximum atomic E-state index is 13.5. The summed E-state index contributed by atoms with van der Waals surface area (Å²) in [5, 5.41) is 18.8. The summed E-state index contributed by atoms with van der Waals surface area (Å²) in [6, 6.07) is 2.31. The minimum absolute atomic E-state index is 0.00509. The molecule has 0 radical (unpaired) electrons. The number of nitro groups is 1. The van der Waals surface area contributed by atoms with E-state index in [2.05, 4.69) is 0 Å². The molecule has 0 aliphatic carbocycles. The minimum Gasteiger partial charge on any atom is -0.478 e. The van der Waals surface area contributed by atoms with E-state index in [1.807, 2.05) is 0 Å². The third-order valence-corrected chi connectivity index (χ3v) is 1.99. The molecule has 16 heavy (non-hydrogen) atoms. The Balaban J connectivity index is 3.22. The van der Waals surface area contributed by atoms with Crippen molar-refractivity contribution in [3.8, 4) is 0 Å². The van der Waals surface area contributed by atoms with E-state index in [4.69, 9.17) is 5.11 Å². The van der Waals surface area contributed by atoms with Gasteiger partial charge in [-0.25, -0.2) is 9.18 Å². The SMILES string of the molecule is Cc1c([N+](=O)[O-])ccc(/C=C/C(=O)O)c1F. The molecule has 1 aromatic rings. The van der Waals surface area contributed by atoms with E-state index in [0.29, 0.717) is 0 Å². The van der Waals surface area contributed by atoms with Gasteiger partial charge in [0.1, 0.15) is 5.82 Å². The molecule has 84 valence electrons. The Morgan fingerprint density at radius 1 is 1.56 bits per heavy atom. The van der Waals surface area contributed by atoms with E-state index < -0.39 is 16.7 Å². The van der Waals surface area contributed by atoms with Crippen LogP contribution in [0.1, 0.15) is 11.1 Å². The highest BCUT2D eigenvalue weighted by Crippen LogP contribution is 2.23. The van der Waals surface area contributed by atoms with E-state index in [1.165, 1.54) is 13.0 Å². The van der Waals surface area contributed by atoms with Crippen LogP contribution in [0.3, 0.4) is 0 Å². The van der Waals surface area contributed by atoms with Gasteiger partial charge in [-0.2, -0.15) is 0 Å². The molecular weight excluding hydrogens is 217 g/mol. The van der Waals surface area contributed by atoms with Crippen molar-refractivity contribution in [2.45, 2.75) is 6.92 Å². The number of aliphatic carboxylic acids is 1. The van der Waals surface area contributed by atoms with Crippen molar-refractivity contribution in [2.75, 3.05) is 0 Å². The van der Waals surface area contributed by atoms with Crippen molar-refractivity contribution in [3.05, 3.63) is 45.3 Å². The lowest BCUT2D eigenvalue weighted by molar-refractivity contribution is -0.385. The van der Waals surface area contributed by atoms with Crippen LogP contribution >= 0.6 is 0 Å². The van der Waals surface area contributed by atoms with Gasteiger partial charge in [-0.05, 0) is 19.1 Å². The second-order valence-corrected chi connectivity index (χ2v) is 3.04. The Kier molecular flexibility index (Phi) is 3.34. The second kappa shape index (κ2) is 4.52. The van der Waals surface area contributed by atoms with Crippen molar-refractivity contribution in [1.29, 1.82) is 0 Å². The molecule has 0 aliphatic heterocycles. The van der Waals surface area contributed by atoms with Gasteiger partial charge in [0, 0.05) is 17.7 Å². The topological polar surface area (TPSA) is 80.4 Å². The number of nitrogens with zero attached hydrogens (tertiary/aromatic N) is 1. The summed E-state index contributed by atoms with van der Waals surface area (Å²) >= 11 is 0. The summed E-state index contributed by atoms with van der Waals surface area (Å²) in [6.45, 7) is 1.27. The van der Waals surface area contributed by atoms with Gasteiger partial charge in [0.25, 0.3) is 5.69 Å². The highest BCUT2D eigenvalue weighted by molar-refractivity contribution is 5.85. The number of hydrogen-bond acceptors (Lipinski definition) is 3. The Morgan fingerprint density at radius 2 is 2.19 bits per heavy atom. The number of carboxylic acid groups (broad SMARTS) is 1. The van der Waals surface area contributed by atoms with Crippen LogP contribution in [-0.4, -0.2) is 16.0 Å². The van der Waals surface area contributed by atoms with E-state index in [-0.39, 0.29) is 16.8 Å². The largest absolute Gasteiger partial charge is 0.478 e. The van der Waals surface area contributed by atoms with Crippen molar-refractivity contribution in [3.63, 3.8) is 0 Å². The Bertz CT molecular complexity index is 482. The molecule has 5 nitrogen and oxygen atoms in total. The van der Waals surface area contributed by atoms with Gasteiger partial charge in [-0.15, -0.1) is 0 Å². The molecule has 1 N–H and O–H groups in total. The minimum atomic E-state index is -1.21. The molecule has 0 heterocycles. The quantitative estimate of drug-likeness (QED) is 0.485. The van der Waals surface area contributed by atoms with Crippen molar-refractivity contribution in [1.82, 2.24) is 0 Å². The zero-order valence-corrected chi connectivity index (χ0v) is 8.31. The molecule has 1 rings (SSSR count). The predicted molar refractivity (Wildman–Crippen MR) is 54.5 cm³/mol. The van der Waals surface area contributed by atoms with Crippen LogP contribution in [0.4, 0.5) is 10.1 Å². The highest BCUT2D eigenvalue weighted by atomic mass is 19.1. The summed E-state index contributed by atoms with van der Waals surface area (Å²) in [6.07, 6.45) is 1.82. The van der Waals surface area contributed by atoms with E-state index in [1.54, 1.807) is 0 Å². The Hall–Kier alpha value is -2.24. The smallest absolute Gasteiger partial charge is 0.328 e. The van der Waals surface area contributed by atoms with Crippen LogP contribution in [0.5, 0.6) is 0 Å². The van der Waals surface area contributed by atoms with Gasteiger partial charge in [0.15, 0.2) is 0 Å². The van der Waals surface area contributed by atoms with Gasteiger partial charge in [-0.1, -0.05) is 0 Å². The maximum Gasteiger partial charge on any atom is 0.328 e. The van der Waals surface area contributed by atoms with Crippen LogP contribution < -0.4 is 0 Å². The predicted octanol–water partition coefficient (Wildman–Crippen LogP) is 2.14. The summed E-state index contributed by atoms with van der Waals surface area (Å²) in [5.74, 6) is -2.00. The van der Waals surface area contributed by atoms with Crippen molar-refractivity contribution < 1.29 is 19.2 Å². The zero-order chi connectivity index (χ0) is 12.3. The van der Waals surface area contributed by atoms with Gasteiger partial charge in [0.2, 0.25) is 0 Å². The molecule has 0 saturated heterocycles. The average molecular weight is 225 g/mol. The number of benzene rings is 1. The molecule has 0 amide bonds. The fraction of sp³-hybridized carbons (Fsp3) is 0.100. The second-order valence-electron chi connectivity index (χ2n) is 3.04. The lowest BCUT2D eigenvalue weighted by Gasteiger charge is -2.01. The van der Waals surface area contributed by atoms with E-state index in [0.717, 1.165) is 18.2 Å². The first-order chi connectivity index (χ1) is 7.43. The molecule has 0 fully saturated rings. The van der Waals surface area contributed by atoms with Gasteiger partial charge < -0.3 is 5.11 Å². The number of carbonyl (C=O) groups is 1. The zero-order valence-electron chi connectivity index (χ0n) is 8.31. The molecule has 0 atom stereocenters. The first-order valence-corrected chi connectivity index (χ1v) is 4.28. The average Bonchev–Trinajstić information content (AvgIpc) is 2.19. The molecule has 0 aromatic heterocycles. The monoisotopic (exact) mass is 225 g/mol. The number of nitro benzene ring substituents is 1. The van der Waals surface area contributed by atoms with Crippen LogP contribution in [0.15, 0.2) is 18.2 Å². The fourth-order valence-corrected chi connectivity index (χ4v) is 1.18.